The fourth-order valence-corrected chi connectivity index (χ4v) is 6.96. The second kappa shape index (κ2) is 6.53. The van der Waals surface area contributed by atoms with E-state index in [2.05, 4.69) is 71.3 Å². The minimum Gasteiger partial charge on any atom is -0.456 e. The first-order chi connectivity index (χ1) is 17.8. The molecule has 0 saturated carbocycles. The number of aromatic nitrogens is 2. The van der Waals surface area contributed by atoms with Crippen molar-refractivity contribution in [2.45, 2.75) is 0 Å². The quantitative estimate of drug-likeness (QED) is 0.235. The van der Waals surface area contributed by atoms with Crippen molar-refractivity contribution in [1.29, 1.82) is 0 Å². The highest BCUT2D eigenvalue weighted by Crippen LogP contribution is 2.43. The zero-order valence-electron chi connectivity index (χ0n) is 18.9. The molecule has 0 aliphatic rings. The maximum absolute atomic E-state index is 6.49. The number of rotatable bonds is 1. The minimum absolute atomic E-state index is 0.568. The van der Waals surface area contributed by atoms with E-state index in [9.17, 15) is 0 Å². The fourth-order valence-electron chi connectivity index (χ4n) is 5.71. The van der Waals surface area contributed by atoms with Crippen molar-refractivity contribution in [2.24, 2.45) is 0 Å². The predicted octanol–water partition coefficient (Wildman–Crippen LogP) is 9.19. The molecule has 5 aromatic carbocycles. The van der Waals surface area contributed by atoms with Gasteiger partial charge in [0, 0.05) is 31.6 Å². The van der Waals surface area contributed by atoms with Crippen molar-refractivity contribution in [3.63, 3.8) is 0 Å². The maximum Gasteiger partial charge on any atom is 0.307 e. The lowest BCUT2D eigenvalue weighted by molar-refractivity contribution is 0.574. The summed E-state index contributed by atoms with van der Waals surface area (Å²) in [5.41, 5.74) is 5.46. The molecule has 0 amide bonds. The summed E-state index contributed by atoms with van der Waals surface area (Å²) in [6, 6.07) is 34.2. The molecule has 5 heteroatoms. The second-order valence-corrected chi connectivity index (χ2v) is 10.2. The number of hydrogen-bond acceptors (Lipinski definition) is 4. The first-order valence-corrected chi connectivity index (χ1v) is 12.7. The van der Waals surface area contributed by atoms with E-state index in [0.29, 0.717) is 6.01 Å². The average Bonchev–Trinajstić information content (AvgIpc) is 3.67. The monoisotopic (exact) mass is 480 g/mol. The standard InChI is InChI=1S/C31H16N2O2S/c1-4-10-22-17(7-1)19-13-14-20-18-8-3-6-12-26(18)36-30(20)29(19)33(22)31-32-28-25(35-31)16-15-24-27(28)21-9-2-5-11-23(21)34-24/h1-16H. The molecule has 0 N–H and O–H groups in total. The molecule has 0 aliphatic heterocycles. The molecule has 0 atom stereocenters. The molecule has 4 aromatic heterocycles. The fraction of sp³-hybridized carbons (Fsp3) is 0. The van der Waals surface area contributed by atoms with Gasteiger partial charge < -0.3 is 8.83 Å². The van der Waals surface area contributed by atoms with E-state index in [0.717, 1.165) is 44.1 Å². The average molecular weight is 481 g/mol. The highest BCUT2D eigenvalue weighted by atomic mass is 32.1. The van der Waals surface area contributed by atoms with Crippen LogP contribution in [0.25, 0.3) is 81.0 Å². The number of para-hydroxylation sites is 2. The molecule has 0 aliphatic carbocycles. The van der Waals surface area contributed by atoms with Crippen LogP contribution in [0.2, 0.25) is 0 Å². The third-order valence-electron chi connectivity index (χ3n) is 7.26. The first-order valence-electron chi connectivity index (χ1n) is 11.9. The Kier molecular flexibility index (Phi) is 3.39. The molecule has 0 spiro atoms. The first kappa shape index (κ1) is 18.7. The van der Waals surface area contributed by atoms with E-state index in [1.807, 2.05) is 41.7 Å². The van der Waals surface area contributed by atoms with Crippen molar-refractivity contribution in [3.05, 3.63) is 97.1 Å². The number of fused-ring (bicyclic) bond motifs is 12. The van der Waals surface area contributed by atoms with Crippen LogP contribution in [0.15, 0.2) is 106 Å². The Morgan fingerprint density at radius 2 is 1.33 bits per heavy atom. The van der Waals surface area contributed by atoms with E-state index < -0.39 is 0 Å². The topological polar surface area (TPSA) is 44.1 Å². The summed E-state index contributed by atoms with van der Waals surface area (Å²) >= 11 is 1.82. The summed E-state index contributed by atoms with van der Waals surface area (Å²) in [5.74, 6) is 0. The van der Waals surface area contributed by atoms with E-state index in [1.165, 1.54) is 30.9 Å². The number of benzene rings is 5. The zero-order valence-corrected chi connectivity index (χ0v) is 19.7. The molecule has 0 saturated heterocycles. The Morgan fingerprint density at radius 1 is 0.583 bits per heavy atom. The SMILES string of the molecule is c1ccc2c(c1)oc1ccc3oc(-n4c5ccccc5c5ccc6c7ccccc7sc6c54)nc3c12. The normalized spacial score (nSPS) is 12.4. The van der Waals surface area contributed by atoms with Gasteiger partial charge in [0.2, 0.25) is 0 Å². The molecule has 4 heterocycles. The van der Waals surface area contributed by atoms with Gasteiger partial charge in [0.25, 0.3) is 0 Å². The Bertz CT molecular complexity index is 2330. The van der Waals surface area contributed by atoms with Crippen LogP contribution in [-0.2, 0) is 0 Å². The summed E-state index contributed by atoms with van der Waals surface area (Å²) in [5, 5.41) is 6.96. The third kappa shape index (κ3) is 2.26. The van der Waals surface area contributed by atoms with Gasteiger partial charge in [0.1, 0.15) is 16.7 Å². The highest BCUT2D eigenvalue weighted by molar-refractivity contribution is 7.26. The molecular weight excluding hydrogens is 464 g/mol. The molecule has 9 rings (SSSR count). The lowest BCUT2D eigenvalue weighted by Crippen LogP contribution is -1.93. The molecular formula is C31H16N2O2S. The summed E-state index contributed by atoms with van der Waals surface area (Å²) in [6.45, 7) is 0. The lowest BCUT2D eigenvalue weighted by Gasteiger charge is -2.02. The molecule has 36 heavy (non-hydrogen) atoms. The van der Waals surface area contributed by atoms with Crippen molar-refractivity contribution in [1.82, 2.24) is 9.55 Å². The van der Waals surface area contributed by atoms with E-state index in [4.69, 9.17) is 13.8 Å². The lowest BCUT2D eigenvalue weighted by atomic mass is 10.1. The van der Waals surface area contributed by atoms with Gasteiger partial charge >= 0.3 is 6.01 Å². The summed E-state index contributed by atoms with van der Waals surface area (Å²) < 4.78 is 17.3. The predicted molar refractivity (Wildman–Crippen MR) is 149 cm³/mol. The summed E-state index contributed by atoms with van der Waals surface area (Å²) in [7, 11) is 0. The molecule has 9 aromatic rings. The van der Waals surface area contributed by atoms with Gasteiger partial charge in [-0.05, 0) is 30.3 Å². The van der Waals surface area contributed by atoms with Gasteiger partial charge in [-0.1, -0.05) is 66.7 Å². The highest BCUT2D eigenvalue weighted by Gasteiger charge is 2.22. The molecule has 168 valence electrons. The van der Waals surface area contributed by atoms with Gasteiger partial charge in [-0.25, -0.2) is 0 Å². The zero-order chi connectivity index (χ0) is 23.4. The largest absolute Gasteiger partial charge is 0.456 e. The second-order valence-electron chi connectivity index (χ2n) is 9.17. The van der Waals surface area contributed by atoms with Crippen molar-refractivity contribution < 1.29 is 8.83 Å². The minimum atomic E-state index is 0.568. The van der Waals surface area contributed by atoms with E-state index in [1.54, 1.807) is 0 Å². The van der Waals surface area contributed by atoms with Crippen LogP contribution in [0.4, 0.5) is 0 Å². The van der Waals surface area contributed by atoms with Crippen LogP contribution in [0, 0.1) is 0 Å². The Hall–Kier alpha value is -4.61. The van der Waals surface area contributed by atoms with Gasteiger partial charge in [0.05, 0.1) is 21.1 Å². The van der Waals surface area contributed by atoms with Crippen molar-refractivity contribution in [2.75, 3.05) is 0 Å². The third-order valence-corrected chi connectivity index (χ3v) is 8.45. The van der Waals surface area contributed by atoms with Gasteiger partial charge in [-0.3, -0.25) is 4.57 Å². The van der Waals surface area contributed by atoms with Crippen LogP contribution in [0.5, 0.6) is 0 Å². The van der Waals surface area contributed by atoms with Crippen molar-refractivity contribution >= 4 is 86.4 Å². The van der Waals surface area contributed by atoms with E-state index >= 15 is 0 Å². The van der Waals surface area contributed by atoms with E-state index in [-0.39, 0.29) is 0 Å². The number of hydrogen-bond donors (Lipinski definition) is 0. The van der Waals surface area contributed by atoms with Crippen molar-refractivity contribution in [3.8, 4) is 6.01 Å². The van der Waals surface area contributed by atoms with Crippen LogP contribution in [-0.4, -0.2) is 9.55 Å². The summed E-state index contributed by atoms with van der Waals surface area (Å²) in [6.07, 6.45) is 0. The van der Waals surface area contributed by atoms with Gasteiger partial charge in [0.15, 0.2) is 5.58 Å². The Morgan fingerprint density at radius 3 is 2.28 bits per heavy atom. The Balaban J connectivity index is 1.47. The molecule has 0 radical (unpaired) electrons. The number of nitrogens with zero attached hydrogens (tertiary/aromatic N) is 2. The number of furan rings is 1. The summed E-state index contributed by atoms with van der Waals surface area (Å²) in [4.78, 5) is 5.11. The number of oxazole rings is 1. The van der Waals surface area contributed by atoms with Crippen LogP contribution in [0.3, 0.4) is 0 Å². The Labute approximate surface area is 207 Å². The smallest absolute Gasteiger partial charge is 0.307 e. The molecule has 0 fully saturated rings. The molecule has 4 nitrogen and oxygen atoms in total. The molecule has 0 bridgehead atoms. The number of thiophene rings is 1. The van der Waals surface area contributed by atoms with Crippen LogP contribution < -0.4 is 0 Å². The van der Waals surface area contributed by atoms with Gasteiger partial charge in [-0.2, -0.15) is 4.98 Å². The molecule has 0 unspecified atom stereocenters. The van der Waals surface area contributed by atoms with Crippen LogP contribution >= 0.6 is 11.3 Å². The maximum atomic E-state index is 6.49. The van der Waals surface area contributed by atoms with Gasteiger partial charge in [-0.15, -0.1) is 11.3 Å². The van der Waals surface area contributed by atoms with Crippen LogP contribution in [0.1, 0.15) is 0 Å².